The van der Waals surface area contributed by atoms with Gasteiger partial charge in [0.15, 0.2) is 0 Å². The molecule has 4 aromatic rings. The number of rotatable bonds is 9. The van der Waals surface area contributed by atoms with E-state index in [9.17, 15) is 9.90 Å². The number of halogens is 1. The molecule has 3 aliphatic rings. The molecule has 298 valence electrons. The molecule has 5 heterocycles. The molecule has 3 saturated heterocycles. The minimum Gasteiger partial charge on any atom is -0.507 e. The number of hydrogen-bond donors (Lipinski definition) is 5. The Morgan fingerprint density at radius 1 is 1.04 bits per heavy atom. The molecule has 12 nitrogen and oxygen atoms in total. The summed E-state index contributed by atoms with van der Waals surface area (Å²) in [6.45, 7) is 7.97. The number of hydrogen-bond acceptors (Lipinski definition) is 10. The molecule has 3 unspecified atom stereocenters. The average Bonchev–Trinajstić information content (AvgIpc) is 3.35. The van der Waals surface area contributed by atoms with Crippen molar-refractivity contribution in [1.82, 2.24) is 24.3 Å². The monoisotopic (exact) mass is 765 g/mol. The van der Waals surface area contributed by atoms with Crippen LogP contribution in [0.25, 0.3) is 16.7 Å². The fourth-order valence-electron chi connectivity index (χ4n) is 8.61. The number of nitrogens with two attached hydrogens (primary N) is 3. The zero-order valence-electron chi connectivity index (χ0n) is 32.8. The number of nitrogens with one attached hydrogen (secondary N) is 1. The zero-order chi connectivity index (χ0) is 39.6. The van der Waals surface area contributed by atoms with E-state index in [1.54, 1.807) is 35.2 Å². The summed E-state index contributed by atoms with van der Waals surface area (Å²) >= 11 is 0. The Labute approximate surface area is 328 Å². The molecule has 3 atom stereocenters. The van der Waals surface area contributed by atoms with Gasteiger partial charge in [-0.25, -0.2) is 9.37 Å². The second-order valence-electron chi connectivity index (χ2n) is 15.8. The number of aryl methyl sites for hydroxylation is 1. The predicted octanol–water partition coefficient (Wildman–Crippen LogP) is 5.61. The van der Waals surface area contributed by atoms with E-state index in [4.69, 9.17) is 26.9 Å². The van der Waals surface area contributed by atoms with Gasteiger partial charge >= 0.3 is 0 Å². The third-order valence-corrected chi connectivity index (χ3v) is 11.7. The van der Waals surface area contributed by atoms with E-state index in [1.807, 2.05) is 49.3 Å². The number of anilines is 1. The summed E-state index contributed by atoms with van der Waals surface area (Å²) in [4.78, 5) is 24.5. The molecule has 0 aliphatic carbocycles. The second-order valence-corrected chi connectivity index (χ2v) is 15.8. The van der Waals surface area contributed by atoms with Crippen LogP contribution >= 0.6 is 0 Å². The number of likely N-dealkylation sites (tertiary alicyclic amines) is 2. The Bertz CT molecular complexity index is 2090. The summed E-state index contributed by atoms with van der Waals surface area (Å²) in [7, 11) is 1.91. The minimum atomic E-state index is -1.33. The Morgan fingerprint density at radius 2 is 1.79 bits per heavy atom. The van der Waals surface area contributed by atoms with Crippen LogP contribution in [-0.2, 0) is 4.74 Å². The van der Waals surface area contributed by atoms with E-state index in [0.29, 0.717) is 74.1 Å². The number of carbonyl (C=O) groups excluding carboxylic acids is 1. The lowest BCUT2D eigenvalue weighted by molar-refractivity contribution is -0.0683. The van der Waals surface area contributed by atoms with Crippen LogP contribution in [0.3, 0.4) is 0 Å². The fraction of sp³-hybridized carbons (Fsp3) is 0.442. The highest BCUT2D eigenvalue weighted by molar-refractivity contribution is 5.94. The number of fused-ring (bicyclic) bond motifs is 1. The molecule has 8 N–H and O–H groups in total. The van der Waals surface area contributed by atoms with Crippen LogP contribution in [0.5, 0.6) is 5.75 Å². The van der Waals surface area contributed by atoms with Crippen molar-refractivity contribution < 1.29 is 19.0 Å². The first kappa shape index (κ1) is 39.0. The maximum Gasteiger partial charge on any atom is 0.253 e. The molecular formula is C43H56FN9O3. The third-order valence-electron chi connectivity index (χ3n) is 11.7. The molecule has 2 aromatic carbocycles. The smallest absolute Gasteiger partial charge is 0.253 e. The molecule has 0 saturated carbocycles. The largest absolute Gasteiger partial charge is 0.507 e. The van der Waals surface area contributed by atoms with Crippen LogP contribution in [0.2, 0.25) is 0 Å². The first-order valence-electron chi connectivity index (χ1n) is 19.8. The maximum absolute atomic E-state index is 16.4. The first-order chi connectivity index (χ1) is 26.9. The summed E-state index contributed by atoms with van der Waals surface area (Å²) in [6.07, 6.45) is 8.94. The summed E-state index contributed by atoms with van der Waals surface area (Å²) in [6, 6.07) is 16.8. The van der Waals surface area contributed by atoms with Gasteiger partial charge in [0.2, 0.25) is 0 Å². The number of carbonyl (C=O) groups is 1. The van der Waals surface area contributed by atoms with E-state index >= 15 is 4.39 Å². The number of allylic oxidation sites excluding steroid dienone is 1. The maximum atomic E-state index is 16.4. The number of pyridine rings is 1. The lowest BCUT2D eigenvalue weighted by Crippen LogP contribution is -2.50. The molecule has 1 amide bonds. The minimum absolute atomic E-state index is 0.0639. The van der Waals surface area contributed by atoms with E-state index in [1.165, 1.54) is 10.9 Å². The molecule has 2 aromatic heterocycles. The van der Waals surface area contributed by atoms with Crippen molar-refractivity contribution in [3.63, 3.8) is 0 Å². The summed E-state index contributed by atoms with van der Waals surface area (Å²) < 4.78 is 25.0. The lowest BCUT2D eigenvalue weighted by Gasteiger charge is -2.39. The van der Waals surface area contributed by atoms with E-state index in [-0.39, 0.29) is 29.7 Å². The van der Waals surface area contributed by atoms with Crippen LogP contribution in [0.4, 0.5) is 10.1 Å². The van der Waals surface area contributed by atoms with Crippen LogP contribution in [0, 0.1) is 6.92 Å². The number of phenols is 1. The van der Waals surface area contributed by atoms with E-state index in [2.05, 4.69) is 34.0 Å². The first-order valence-corrected chi connectivity index (χ1v) is 19.8. The van der Waals surface area contributed by atoms with Gasteiger partial charge < -0.3 is 51.6 Å². The third kappa shape index (κ3) is 8.43. The van der Waals surface area contributed by atoms with Gasteiger partial charge in [-0.15, -0.1) is 0 Å². The highest BCUT2D eigenvalue weighted by Gasteiger charge is 2.38. The number of aromatic nitrogens is 2. The number of phenolic OH excluding ortho intramolecular Hbond substituents is 1. The van der Waals surface area contributed by atoms with E-state index < -0.39 is 5.67 Å². The summed E-state index contributed by atoms with van der Waals surface area (Å²) in [5.41, 5.74) is 23.4. The number of alkyl halides is 1. The van der Waals surface area contributed by atoms with Gasteiger partial charge in [0.25, 0.3) is 5.91 Å². The quantitative estimate of drug-likeness (QED) is 0.135. The van der Waals surface area contributed by atoms with Crippen molar-refractivity contribution in [1.29, 1.82) is 0 Å². The van der Waals surface area contributed by atoms with Gasteiger partial charge in [-0.1, -0.05) is 24.3 Å². The molecule has 0 bridgehead atoms. The molecule has 13 heteroatoms. The molecule has 7 rings (SSSR count). The number of ether oxygens (including phenoxy) is 1. The molecule has 3 aliphatic heterocycles. The Morgan fingerprint density at radius 3 is 2.50 bits per heavy atom. The molecule has 0 radical (unpaired) electrons. The summed E-state index contributed by atoms with van der Waals surface area (Å²) in [5.74, 6) is 0.0783. The van der Waals surface area contributed by atoms with Gasteiger partial charge in [0.1, 0.15) is 29.0 Å². The second kappa shape index (κ2) is 16.4. The number of para-hydroxylation sites is 1. The van der Waals surface area contributed by atoms with Gasteiger partial charge in [0.05, 0.1) is 23.7 Å². The van der Waals surface area contributed by atoms with E-state index in [0.717, 1.165) is 49.2 Å². The predicted molar refractivity (Wildman–Crippen MR) is 219 cm³/mol. The van der Waals surface area contributed by atoms with Crippen molar-refractivity contribution in [2.75, 3.05) is 58.2 Å². The lowest BCUT2D eigenvalue weighted by atomic mass is 9.92. The van der Waals surface area contributed by atoms with Crippen LogP contribution in [0.15, 0.2) is 84.6 Å². The number of nitrogens with zero attached hydrogens (tertiary/aromatic N) is 5. The fourth-order valence-corrected chi connectivity index (χ4v) is 8.61. The molecule has 56 heavy (non-hydrogen) atoms. The molecule has 3 fully saturated rings. The topological polar surface area (TPSA) is 164 Å². The van der Waals surface area contributed by atoms with Crippen molar-refractivity contribution in [3.8, 4) is 5.75 Å². The standard InChI is InChI=1S/C43H56FN9O3/c1-28-24-53(41-35(28)21-32(48-3)23-49-41)33-7-6-17-50(18-14-33)27-43(44)15-19-51(20-16-43)42(55)31-12-10-30(11-13-31)39-26-52(25-29(2)56-39)37(40(46)47)22-36(45)34-8-4-5-9-38(34)54/h4-5,8-13,21-24,29,33,39,48,54H,6-7,14-20,25-27,45-47H2,1-3H3/b36-22-. The average molecular weight is 766 g/mol. The number of aromatic hydroxyl groups is 1. The number of amides is 1. The van der Waals surface area contributed by atoms with Crippen LogP contribution < -0.4 is 22.5 Å². The highest BCUT2D eigenvalue weighted by atomic mass is 19.1. The van der Waals surface area contributed by atoms with Crippen molar-refractivity contribution in [2.24, 2.45) is 17.2 Å². The van der Waals surface area contributed by atoms with Crippen molar-refractivity contribution in [2.45, 2.75) is 69.9 Å². The van der Waals surface area contributed by atoms with Gasteiger partial charge in [-0.3, -0.25) is 4.79 Å². The number of morpholine rings is 1. The Kier molecular flexibility index (Phi) is 11.5. The SMILES string of the molecule is CNc1cnc2c(c1)c(C)cn2C1CCCN(CC2(F)CCN(C(=O)c3ccc(C4CN(C(/C=C(\N)c5ccccc5O)=C(N)N)CC(C)O4)cc3)CC2)CC1. The van der Waals surface area contributed by atoms with Gasteiger partial charge in [0, 0.05) is 93.6 Å². The zero-order valence-corrected chi connectivity index (χ0v) is 32.8. The highest BCUT2D eigenvalue weighted by Crippen LogP contribution is 2.34. The van der Waals surface area contributed by atoms with Crippen molar-refractivity contribution >= 4 is 28.3 Å². The number of benzene rings is 2. The molecule has 0 spiro atoms. The molecular weight excluding hydrogens is 710 g/mol. The normalized spacial score (nSPS) is 22.1. The van der Waals surface area contributed by atoms with Gasteiger partial charge in [-0.2, -0.15) is 0 Å². The van der Waals surface area contributed by atoms with Crippen molar-refractivity contribution in [3.05, 3.63) is 107 Å². The Hall–Kier alpha value is -5.27. The van der Waals surface area contributed by atoms with Crippen LogP contribution in [-0.4, -0.2) is 99.9 Å². The van der Waals surface area contributed by atoms with Gasteiger partial charge in [-0.05, 0) is 87.2 Å². The number of piperidine rings is 1. The Balaban J connectivity index is 0.933. The summed E-state index contributed by atoms with van der Waals surface area (Å²) in [5, 5.41) is 14.7. The van der Waals surface area contributed by atoms with Crippen LogP contribution in [0.1, 0.15) is 78.2 Å².